The summed E-state index contributed by atoms with van der Waals surface area (Å²) in [5.41, 5.74) is 15.5. The van der Waals surface area contributed by atoms with Crippen LogP contribution >= 0.6 is 0 Å². The predicted octanol–water partition coefficient (Wildman–Crippen LogP) is -1.58. The van der Waals surface area contributed by atoms with Gasteiger partial charge in [-0.1, -0.05) is 0 Å². The van der Waals surface area contributed by atoms with E-state index in [9.17, 15) is 0 Å². The second-order valence-electron chi connectivity index (χ2n) is 2.22. The SMILES string of the molecule is NC(N)=NC(N)=NCC1=COCO1. The molecule has 0 aromatic carbocycles. The summed E-state index contributed by atoms with van der Waals surface area (Å²) in [6.45, 7) is 0.482. The van der Waals surface area contributed by atoms with Crippen molar-refractivity contribution in [2.75, 3.05) is 13.3 Å². The van der Waals surface area contributed by atoms with E-state index < -0.39 is 0 Å². The molecule has 0 aromatic rings. The summed E-state index contributed by atoms with van der Waals surface area (Å²) in [6.07, 6.45) is 1.46. The van der Waals surface area contributed by atoms with Crippen LogP contribution in [0.15, 0.2) is 22.0 Å². The zero-order valence-corrected chi connectivity index (χ0v) is 6.93. The molecule has 6 N–H and O–H groups in total. The Morgan fingerprint density at radius 2 is 2.23 bits per heavy atom. The summed E-state index contributed by atoms with van der Waals surface area (Å²) in [5, 5.41) is 0. The van der Waals surface area contributed by atoms with E-state index >= 15 is 0 Å². The molecular weight excluding hydrogens is 174 g/mol. The molecule has 0 atom stereocenters. The molecule has 1 heterocycles. The Hall–Kier alpha value is -1.92. The lowest BCUT2D eigenvalue weighted by atomic mass is 10.5. The normalized spacial score (nSPS) is 15.7. The van der Waals surface area contributed by atoms with Gasteiger partial charge in [-0.25, -0.2) is 4.99 Å². The molecule has 0 radical (unpaired) electrons. The first-order valence-electron chi connectivity index (χ1n) is 3.51. The lowest BCUT2D eigenvalue weighted by Gasteiger charge is -1.96. The van der Waals surface area contributed by atoms with E-state index in [0.717, 1.165) is 0 Å². The maximum Gasteiger partial charge on any atom is 0.229 e. The van der Waals surface area contributed by atoms with E-state index in [1.165, 1.54) is 6.26 Å². The van der Waals surface area contributed by atoms with Crippen LogP contribution < -0.4 is 17.2 Å². The van der Waals surface area contributed by atoms with Crippen LogP contribution in [0.2, 0.25) is 0 Å². The molecule has 0 aliphatic carbocycles. The number of hydrogen-bond donors (Lipinski definition) is 3. The van der Waals surface area contributed by atoms with Gasteiger partial charge in [-0.15, -0.1) is 0 Å². The standard InChI is InChI=1S/C6H11N5O2/c7-5(8)11-6(9)10-1-4-2-12-3-13-4/h2H,1,3H2,(H6,7,8,9,10,11). The monoisotopic (exact) mass is 185 g/mol. The van der Waals surface area contributed by atoms with Crippen LogP contribution in [-0.4, -0.2) is 25.3 Å². The summed E-state index contributed by atoms with van der Waals surface area (Å²) in [7, 11) is 0. The molecule has 0 aromatic heterocycles. The van der Waals surface area contributed by atoms with Crippen molar-refractivity contribution in [1.82, 2.24) is 0 Å². The molecule has 72 valence electrons. The third-order valence-corrected chi connectivity index (χ3v) is 1.17. The number of rotatable bonds is 2. The van der Waals surface area contributed by atoms with E-state index in [-0.39, 0.29) is 25.3 Å². The van der Waals surface area contributed by atoms with Crippen LogP contribution in [0.1, 0.15) is 0 Å². The number of nitrogens with two attached hydrogens (primary N) is 3. The van der Waals surface area contributed by atoms with Gasteiger partial charge in [0, 0.05) is 0 Å². The minimum absolute atomic E-state index is 0.0106. The molecule has 0 fully saturated rings. The van der Waals surface area contributed by atoms with Crippen LogP contribution in [-0.2, 0) is 9.47 Å². The molecule has 0 amide bonds. The van der Waals surface area contributed by atoms with Gasteiger partial charge in [0.2, 0.25) is 12.8 Å². The average molecular weight is 185 g/mol. The second kappa shape index (κ2) is 4.19. The number of hydrogen-bond acceptors (Lipinski definition) is 3. The summed E-state index contributed by atoms with van der Waals surface area (Å²) >= 11 is 0. The van der Waals surface area contributed by atoms with Gasteiger partial charge in [0.05, 0.1) is 0 Å². The van der Waals surface area contributed by atoms with Crippen LogP contribution in [0.25, 0.3) is 0 Å². The van der Waals surface area contributed by atoms with Crippen molar-refractivity contribution >= 4 is 11.9 Å². The summed E-state index contributed by atoms with van der Waals surface area (Å²) in [6, 6.07) is 0. The topological polar surface area (TPSA) is 121 Å². The maximum atomic E-state index is 5.33. The van der Waals surface area contributed by atoms with Gasteiger partial charge in [-0.05, 0) is 0 Å². The molecule has 0 unspecified atom stereocenters. The zero-order valence-electron chi connectivity index (χ0n) is 6.93. The quantitative estimate of drug-likeness (QED) is 0.354. The number of nitrogens with zero attached hydrogens (tertiary/aromatic N) is 2. The highest BCUT2D eigenvalue weighted by Gasteiger charge is 2.04. The Bertz CT molecular complexity index is 266. The molecule has 0 bridgehead atoms. The Morgan fingerprint density at radius 3 is 2.77 bits per heavy atom. The molecule has 0 saturated carbocycles. The molecule has 1 aliphatic heterocycles. The van der Waals surface area contributed by atoms with Gasteiger partial charge in [0.25, 0.3) is 0 Å². The highest BCUT2D eigenvalue weighted by molar-refractivity contribution is 5.92. The van der Waals surface area contributed by atoms with Crippen molar-refractivity contribution in [3.63, 3.8) is 0 Å². The van der Waals surface area contributed by atoms with Crippen molar-refractivity contribution in [1.29, 1.82) is 0 Å². The van der Waals surface area contributed by atoms with Gasteiger partial charge in [0.1, 0.15) is 12.8 Å². The first-order chi connectivity index (χ1) is 6.18. The summed E-state index contributed by atoms with van der Waals surface area (Å²) < 4.78 is 9.76. The smallest absolute Gasteiger partial charge is 0.229 e. The molecule has 13 heavy (non-hydrogen) atoms. The highest BCUT2D eigenvalue weighted by Crippen LogP contribution is 2.05. The van der Waals surface area contributed by atoms with Gasteiger partial charge in [-0.3, -0.25) is 0 Å². The summed E-state index contributed by atoms with van der Waals surface area (Å²) in [4.78, 5) is 7.33. The Balaban J connectivity index is 2.42. The lowest BCUT2D eigenvalue weighted by Crippen LogP contribution is -2.26. The van der Waals surface area contributed by atoms with Crippen LogP contribution in [0, 0.1) is 0 Å². The van der Waals surface area contributed by atoms with Crippen molar-refractivity contribution in [2.45, 2.75) is 0 Å². The highest BCUT2D eigenvalue weighted by atomic mass is 16.7. The van der Waals surface area contributed by atoms with E-state index in [1.54, 1.807) is 0 Å². The van der Waals surface area contributed by atoms with Crippen molar-refractivity contribution in [3.8, 4) is 0 Å². The molecule has 0 spiro atoms. The first kappa shape index (κ1) is 9.17. The Morgan fingerprint density at radius 1 is 1.46 bits per heavy atom. The molecule has 1 rings (SSSR count). The van der Waals surface area contributed by atoms with Crippen LogP contribution in [0.4, 0.5) is 0 Å². The first-order valence-corrected chi connectivity index (χ1v) is 3.51. The Kier molecular flexibility index (Phi) is 2.96. The van der Waals surface area contributed by atoms with Crippen molar-refractivity contribution < 1.29 is 9.47 Å². The van der Waals surface area contributed by atoms with Gasteiger partial charge >= 0.3 is 0 Å². The van der Waals surface area contributed by atoms with Gasteiger partial charge < -0.3 is 26.7 Å². The third kappa shape index (κ3) is 3.32. The maximum absolute atomic E-state index is 5.33. The van der Waals surface area contributed by atoms with E-state index in [1.807, 2.05) is 0 Å². The molecule has 7 nitrogen and oxygen atoms in total. The fourth-order valence-corrected chi connectivity index (χ4v) is 0.680. The van der Waals surface area contributed by atoms with Gasteiger partial charge in [-0.2, -0.15) is 4.99 Å². The molecular formula is C6H11N5O2. The molecule has 0 saturated heterocycles. The fourth-order valence-electron chi connectivity index (χ4n) is 0.680. The second-order valence-corrected chi connectivity index (χ2v) is 2.22. The third-order valence-electron chi connectivity index (χ3n) is 1.17. The van der Waals surface area contributed by atoms with Crippen LogP contribution in [0.5, 0.6) is 0 Å². The average Bonchev–Trinajstić information content (AvgIpc) is 2.51. The zero-order chi connectivity index (χ0) is 9.68. The number of guanidine groups is 2. The van der Waals surface area contributed by atoms with E-state index in [2.05, 4.69) is 9.98 Å². The van der Waals surface area contributed by atoms with Crippen molar-refractivity contribution in [2.24, 2.45) is 27.2 Å². The summed E-state index contributed by atoms with van der Waals surface area (Å²) in [5.74, 6) is 0.476. The molecule has 7 heteroatoms. The van der Waals surface area contributed by atoms with E-state index in [4.69, 9.17) is 26.7 Å². The lowest BCUT2D eigenvalue weighted by molar-refractivity contribution is 0.0801. The van der Waals surface area contributed by atoms with Crippen molar-refractivity contribution in [3.05, 3.63) is 12.0 Å². The van der Waals surface area contributed by atoms with Crippen LogP contribution in [0.3, 0.4) is 0 Å². The fraction of sp³-hybridized carbons (Fsp3) is 0.333. The largest absolute Gasteiger partial charge is 0.462 e. The predicted molar refractivity (Wildman–Crippen MR) is 47.4 cm³/mol. The van der Waals surface area contributed by atoms with Gasteiger partial charge in [0.15, 0.2) is 11.7 Å². The number of aliphatic imine (C=N–C) groups is 2. The minimum Gasteiger partial charge on any atom is -0.462 e. The Labute approximate surface area is 74.9 Å². The molecule has 1 aliphatic rings. The van der Waals surface area contributed by atoms with E-state index in [0.29, 0.717) is 5.76 Å². The minimum atomic E-state index is -0.126. The number of ether oxygens (including phenoxy) is 2.